The number of halogens is 5. The number of alkyl halides is 3. The maximum absolute atomic E-state index is 14.1. The van der Waals surface area contributed by atoms with Crippen LogP contribution in [0, 0.1) is 5.82 Å². The number of anilines is 3. The highest BCUT2D eigenvalue weighted by Gasteiger charge is 2.34. The fraction of sp³-hybridized carbons (Fsp3) is 0.143. The van der Waals surface area contributed by atoms with Crippen LogP contribution in [-0.4, -0.2) is 21.8 Å². The van der Waals surface area contributed by atoms with Crippen molar-refractivity contribution in [3.8, 4) is 0 Å². The summed E-state index contributed by atoms with van der Waals surface area (Å²) in [6, 6.07) is 7.34. The lowest BCUT2D eigenvalue weighted by molar-refractivity contribution is -0.137. The van der Waals surface area contributed by atoms with E-state index in [4.69, 9.17) is 11.6 Å². The summed E-state index contributed by atoms with van der Waals surface area (Å²) in [4.78, 5) is 33.2. The topological polar surface area (TPSA) is 75.2 Å². The molecule has 0 aliphatic heterocycles. The molecule has 0 unspecified atom stereocenters. The Kier molecular flexibility index (Phi) is 6.73. The van der Waals surface area contributed by atoms with Gasteiger partial charge in [-0.15, -0.1) is 0 Å². The molecule has 0 fully saturated rings. The number of amides is 2. The zero-order valence-corrected chi connectivity index (χ0v) is 17.2. The van der Waals surface area contributed by atoms with Crippen LogP contribution in [-0.2, 0) is 22.2 Å². The zero-order chi connectivity index (χ0) is 23.5. The summed E-state index contributed by atoms with van der Waals surface area (Å²) in [5.41, 5.74) is -0.923. The molecule has 2 aromatic heterocycles. The van der Waals surface area contributed by atoms with Crippen molar-refractivity contribution in [2.75, 3.05) is 10.2 Å². The molecule has 2 amide bonds. The molecule has 0 aliphatic rings. The number of hydrogen-bond acceptors (Lipinski definition) is 4. The van der Waals surface area contributed by atoms with Crippen LogP contribution in [0.5, 0.6) is 0 Å². The summed E-state index contributed by atoms with van der Waals surface area (Å²) in [5, 5.41) is 1.96. The second kappa shape index (κ2) is 9.31. The fourth-order valence-electron chi connectivity index (χ4n) is 2.94. The average molecular weight is 467 g/mol. The van der Waals surface area contributed by atoms with Gasteiger partial charge < -0.3 is 5.32 Å². The van der Waals surface area contributed by atoms with E-state index in [1.165, 1.54) is 43.6 Å². The molecule has 0 bridgehead atoms. The number of rotatable bonds is 5. The molecule has 0 aliphatic carbocycles. The third-order valence-corrected chi connectivity index (χ3v) is 4.75. The molecule has 3 aromatic rings. The van der Waals surface area contributed by atoms with Crippen molar-refractivity contribution >= 4 is 40.6 Å². The van der Waals surface area contributed by atoms with E-state index in [0.717, 1.165) is 23.2 Å². The first-order valence-electron chi connectivity index (χ1n) is 9.08. The standard InChI is InChI=1S/C21H15ClF4N4O2/c1-12(31)30(17-6-7-27-11-16(17)23)18-10-14(5-8-28-18)29-19(32)9-13-3-2-4-15(20(13)22)21(24,25)26/h2-8,10-11H,9H2,1H3,(H,28,29,32). The van der Waals surface area contributed by atoms with Crippen molar-refractivity contribution in [3.63, 3.8) is 0 Å². The first kappa shape index (κ1) is 23.1. The molecule has 6 nitrogen and oxygen atoms in total. The van der Waals surface area contributed by atoms with Gasteiger partial charge in [-0.3, -0.25) is 19.5 Å². The van der Waals surface area contributed by atoms with Gasteiger partial charge in [-0.1, -0.05) is 23.7 Å². The third kappa shape index (κ3) is 5.20. The minimum absolute atomic E-state index is 0.00232. The predicted octanol–water partition coefficient (Wildman–Crippen LogP) is 5.15. The van der Waals surface area contributed by atoms with E-state index in [0.29, 0.717) is 0 Å². The number of aromatic nitrogens is 2. The van der Waals surface area contributed by atoms with Crippen LogP contribution in [0.3, 0.4) is 0 Å². The summed E-state index contributed by atoms with van der Waals surface area (Å²) >= 11 is 5.83. The fourth-order valence-corrected chi connectivity index (χ4v) is 3.24. The van der Waals surface area contributed by atoms with Gasteiger partial charge >= 0.3 is 6.18 Å². The molecule has 0 saturated heterocycles. The van der Waals surface area contributed by atoms with Crippen molar-refractivity contribution in [3.05, 3.63) is 77.0 Å². The highest BCUT2D eigenvalue weighted by atomic mass is 35.5. The first-order valence-corrected chi connectivity index (χ1v) is 9.46. The second-order valence-electron chi connectivity index (χ2n) is 6.59. The molecule has 3 rings (SSSR count). The van der Waals surface area contributed by atoms with E-state index in [9.17, 15) is 27.2 Å². The van der Waals surface area contributed by atoms with Gasteiger partial charge in [-0.05, 0) is 23.8 Å². The number of hydrogen-bond donors (Lipinski definition) is 1. The molecular formula is C21H15ClF4N4O2. The molecule has 1 aromatic carbocycles. The molecule has 166 valence electrons. The van der Waals surface area contributed by atoms with Gasteiger partial charge in [0.2, 0.25) is 11.8 Å². The van der Waals surface area contributed by atoms with Crippen LogP contribution in [0.1, 0.15) is 18.1 Å². The van der Waals surface area contributed by atoms with Crippen LogP contribution in [0.2, 0.25) is 5.02 Å². The molecule has 2 heterocycles. The van der Waals surface area contributed by atoms with Gasteiger partial charge in [-0.25, -0.2) is 9.37 Å². The third-order valence-electron chi connectivity index (χ3n) is 4.30. The van der Waals surface area contributed by atoms with Crippen LogP contribution in [0.4, 0.5) is 34.8 Å². The second-order valence-corrected chi connectivity index (χ2v) is 6.96. The molecular weight excluding hydrogens is 452 g/mol. The molecule has 0 saturated carbocycles. The lowest BCUT2D eigenvalue weighted by Crippen LogP contribution is -2.25. The Labute approximate surface area is 184 Å². The summed E-state index contributed by atoms with van der Waals surface area (Å²) in [5.74, 6) is -1.91. The Balaban J connectivity index is 1.83. The predicted molar refractivity (Wildman–Crippen MR) is 110 cm³/mol. The minimum atomic E-state index is -4.65. The maximum Gasteiger partial charge on any atom is 0.417 e. The average Bonchev–Trinajstić information content (AvgIpc) is 2.70. The van der Waals surface area contributed by atoms with E-state index in [1.807, 2.05) is 0 Å². The van der Waals surface area contributed by atoms with Crippen molar-refractivity contribution in [2.45, 2.75) is 19.5 Å². The van der Waals surface area contributed by atoms with Crippen LogP contribution in [0.25, 0.3) is 0 Å². The first-order chi connectivity index (χ1) is 15.1. The highest BCUT2D eigenvalue weighted by Crippen LogP contribution is 2.36. The number of benzene rings is 1. The van der Waals surface area contributed by atoms with Gasteiger partial charge in [-0.2, -0.15) is 13.2 Å². The molecule has 0 atom stereocenters. The Morgan fingerprint density at radius 2 is 1.91 bits per heavy atom. The van der Waals surface area contributed by atoms with E-state index in [1.54, 1.807) is 0 Å². The van der Waals surface area contributed by atoms with E-state index in [-0.39, 0.29) is 22.8 Å². The van der Waals surface area contributed by atoms with Gasteiger partial charge in [0.25, 0.3) is 0 Å². The lowest BCUT2D eigenvalue weighted by Gasteiger charge is -2.21. The normalized spacial score (nSPS) is 11.2. The van der Waals surface area contributed by atoms with Crippen LogP contribution < -0.4 is 10.2 Å². The van der Waals surface area contributed by atoms with Crippen molar-refractivity contribution < 1.29 is 27.2 Å². The SMILES string of the molecule is CC(=O)N(c1cc(NC(=O)Cc2cccc(C(F)(F)F)c2Cl)ccn1)c1ccncc1F. The van der Waals surface area contributed by atoms with E-state index in [2.05, 4.69) is 15.3 Å². The monoisotopic (exact) mass is 466 g/mol. The quantitative estimate of drug-likeness (QED) is 0.527. The number of carbonyl (C=O) groups is 2. The molecule has 0 spiro atoms. The summed E-state index contributed by atoms with van der Waals surface area (Å²) < 4.78 is 53.2. The molecule has 0 radical (unpaired) electrons. The lowest BCUT2D eigenvalue weighted by atomic mass is 10.1. The van der Waals surface area contributed by atoms with Crippen molar-refractivity contribution in [1.82, 2.24) is 9.97 Å². The molecule has 32 heavy (non-hydrogen) atoms. The van der Waals surface area contributed by atoms with Crippen molar-refractivity contribution in [2.24, 2.45) is 0 Å². The summed E-state index contributed by atoms with van der Waals surface area (Å²) in [6.45, 7) is 1.21. The Hall–Kier alpha value is -3.53. The van der Waals surface area contributed by atoms with E-state index < -0.39 is 40.8 Å². The number of carbonyl (C=O) groups excluding carboxylic acids is 2. The van der Waals surface area contributed by atoms with Crippen LogP contribution >= 0.6 is 11.6 Å². The van der Waals surface area contributed by atoms with Gasteiger partial charge in [0.1, 0.15) is 5.82 Å². The van der Waals surface area contributed by atoms with Gasteiger partial charge in [0, 0.05) is 31.1 Å². The highest BCUT2D eigenvalue weighted by molar-refractivity contribution is 6.32. The van der Waals surface area contributed by atoms with E-state index >= 15 is 0 Å². The summed E-state index contributed by atoms with van der Waals surface area (Å²) in [6.07, 6.45) is -1.54. The van der Waals surface area contributed by atoms with Crippen LogP contribution in [0.15, 0.2) is 55.0 Å². The number of pyridine rings is 2. The molecule has 11 heteroatoms. The summed E-state index contributed by atoms with van der Waals surface area (Å²) in [7, 11) is 0. The molecule has 1 N–H and O–H groups in total. The largest absolute Gasteiger partial charge is 0.417 e. The van der Waals surface area contributed by atoms with Gasteiger partial charge in [0.15, 0.2) is 5.82 Å². The Morgan fingerprint density at radius 3 is 2.56 bits per heavy atom. The van der Waals surface area contributed by atoms with Crippen molar-refractivity contribution in [1.29, 1.82) is 0 Å². The Morgan fingerprint density at radius 1 is 1.16 bits per heavy atom. The Bertz CT molecular complexity index is 1170. The minimum Gasteiger partial charge on any atom is -0.326 e. The smallest absolute Gasteiger partial charge is 0.326 e. The number of nitrogens with zero attached hydrogens (tertiary/aromatic N) is 3. The maximum atomic E-state index is 14.1. The van der Waals surface area contributed by atoms with Gasteiger partial charge in [0.05, 0.1) is 28.9 Å². The zero-order valence-electron chi connectivity index (χ0n) is 16.5. The number of nitrogens with one attached hydrogen (secondary N) is 1.